The molecule has 0 spiro atoms. The molecular weight excluding hydrogens is 230 g/mol. The van der Waals surface area contributed by atoms with Gasteiger partial charge in [0.2, 0.25) is 0 Å². The number of methoxy groups -OCH3 is 1. The molecular formula is C14H19NO3. The number of aliphatic hydroxyl groups excluding tert-OH is 1. The summed E-state index contributed by atoms with van der Waals surface area (Å²) in [5.74, 6) is -0.400. The van der Waals surface area contributed by atoms with E-state index in [0.717, 1.165) is 11.1 Å². The van der Waals surface area contributed by atoms with E-state index in [1.54, 1.807) is 0 Å². The topological polar surface area (TPSA) is 58.6 Å². The van der Waals surface area contributed by atoms with Crippen molar-refractivity contribution < 1.29 is 14.6 Å². The van der Waals surface area contributed by atoms with Crippen LogP contribution < -0.4 is 5.32 Å². The third-order valence-corrected chi connectivity index (χ3v) is 2.44. The molecule has 1 aromatic rings. The minimum Gasteiger partial charge on any atom is -0.466 e. The molecule has 0 heterocycles. The Kier molecular flexibility index (Phi) is 5.94. The number of aliphatic hydroxyl groups is 1. The van der Waals surface area contributed by atoms with Crippen LogP contribution in [0.1, 0.15) is 17.5 Å². The van der Waals surface area contributed by atoms with Crippen molar-refractivity contribution in [2.75, 3.05) is 20.3 Å². The number of hydrogen-bond donors (Lipinski definition) is 2. The van der Waals surface area contributed by atoms with Crippen molar-refractivity contribution in [3.8, 4) is 0 Å². The molecule has 0 aliphatic rings. The highest BCUT2D eigenvalue weighted by atomic mass is 16.5. The molecule has 0 aliphatic heterocycles. The van der Waals surface area contributed by atoms with Crippen LogP contribution >= 0.6 is 0 Å². The number of aryl methyl sites for hydroxylation is 1. The molecule has 18 heavy (non-hydrogen) atoms. The van der Waals surface area contributed by atoms with Crippen LogP contribution in [0.5, 0.6) is 0 Å². The molecule has 0 aliphatic carbocycles. The summed E-state index contributed by atoms with van der Waals surface area (Å²) in [5.41, 5.74) is 2.75. The highest BCUT2D eigenvalue weighted by Crippen LogP contribution is 2.13. The zero-order chi connectivity index (χ0) is 13.4. The van der Waals surface area contributed by atoms with Gasteiger partial charge < -0.3 is 15.2 Å². The number of esters is 1. The lowest BCUT2D eigenvalue weighted by Gasteiger charge is -2.11. The van der Waals surface area contributed by atoms with E-state index in [4.69, 9.17) is 5.11 Å². The van der Waals surface area contributed by atoms with Gasteiger partial charge >= 0.3 is 5.97 Å². The second-order valence-electron chi connectivity index (χ2n) is 3.95. The van der Waals surface area contributed by atoms with Crippen molar-refractivity contribution in [1.82, 2.24) is 5.32 Å². The normalized spacial score (nSPS) is 11.2. The van der Waals surface area contributed by atoms with Crippen molar-refractivity contribution in [1.29, 1.82) is 0 Å². The lowest BCUT2D eigenvalue weighted by molar-refractivity contribution is -0.134. The minimum absolute atomic E-state index is 0.117. The number of benzene rings is 1. The fourth-order valence-corrected chi connectivity index (χ4v) is 1.53. The molecule has 0 fully saturated rings. The van der Waals surface area contributed by atoms with E-state index >= 15 is 0 Å². The van der Waals surface area contributed by atoms with Gasteiger partial charge in [-0.05, 0) is 25.0 Å². The molecule has 1 rings (SSSR count). The zero-order valence-corrected chi connectivity index (χ0v) is 10.8. The Bertz CT molecular complexity index is 427. The standard InChI is InChI=1S/C14H19NO3/c1-11-5-3-6-12(9-11)13(10-14(17)18-2)15-7-4-8-16/h3,5-6,9-10,15-16H,4,7-8H2,1-2H3. The summed E-state index contributed by atoms with van der Waals surface area (Å²) < 4.78 is 4.63. The minimum atomic E-state index is -0.400. The van der Waals surface area contributed by atoms with Crippen LogP contribution in [0.2, 0.25) is 0 Å². The number of nitrogens with one attached hydrogen (secondary N) is 1. The molecule has 0 saturated carbocycles. The Balaban J connectivity index is 2.89. The van der Waals surface area contributed by atoms with Gasteiger partial charge in [0.05, 0.1) is 7.11 Å². The van der Waals surface area contributed by atoms with Crippen molar-refractivity contribution >= 4 is 11.7 Å². The molecule has 2 N–H and O–H groups in total. The Morgan fingerprint density at radius 2 is 2.28 bits per heavy atom. The molecule has 0 aromatic heterocycles. The van der Waals surface area contributed by atoms with Crippen LogP contribution in [0, 0.1) is 6.92 Å². The van der Waals surface area contributed by atoms with Crippen molar-refractivity contribution in [3.63, 3.8) is 0 Å². The SMILES string of the molecule is COC(=O)C=C(NCCCO)c1cccc(C)c1. The Morgan fingerprint density at radius 1 is 1.50 bits per heavy atom. The molecule has 0 saturated heterocycles. The molecule has 0 bridgehead atoms. The Labute approximate surface area is 107 Å². The van der Waals surface area contributed by atoms with Crippen molar-refractivity contribution in [2.45, 2.75) is 13.3 Å². The van der Waals surface area contributed by atoms with Crippen LogP contribution in [0.25, 0.3) is 5.70 Å². The largest absolute Gasteiger partial charge is 0.466 e. The number of hydrogen-bond acceptors (Lipinski definition) is 4. The molecule has 1 aromatic carbocycles. The maximum absolute atomic E-state index is 11.3. The van der Waals surface area contributed by atoms with E-state index in [2.05, 4.69) is 10.1 Å². The summed E-state index contributed by atoms with van der Waals surface area (Å²) in [6.45, 7) is 2.71. The van der Waals surface area contributed by atoms with E-state index < -0.39 is 5.97 Å². The Morgan fingerprint density at radius 3 is 2.89 bits per heavy atom. The second kappa shape index (κ2) is 7.50. The second-order valence-corrected chi connectivity index (χ2v) is 3.95. The van der Waals surface area contributed by atoms with Crippen LogP contribution in [-0.4, -0.2) is 31.3 Å². The third kappa shape index (κ3) is 4.59. The first-order chi connectivity index (χ1) is 8.67. The summed E-state index contributed by atoms with van der Waals surface area (Å²) in [6, 6.07) is 7.84. The molecule has 4 nitrogen and oxygen atoms in total. The predicted octanol–water partition coefficient (Wildman–Crippen LogP) is 1.48. The summed E-state index contributed by atoms with van der Waals surface area (Å²) >= 11 is 0. The molecule has 0 amide bonds. The first-order valence-electron chi connectivity index (χ1n) is 5.88. The monoisotopic (exact) mass is 249 g/mol. The summed E-state index contributed by atoms with van der Waals surface area (Å²) in [4.78, 5) is 11.3. The number of carbonyl (C=O) groups excluding carboxylic acids is 1. The van der Waals surface area contributed by atoms with Crippen molar-refractivity contribution in [2.24, 2.45) is 0 Å². The highest BCUT2D eigenvalue weighted by Gasteiger charge is 2.04. The number of ether oxygens (including phenoxy) is 1. The van der Waals surface area contributed by atoms with Gasteiger partial charge in [-0.25, -0.2) is 4.79 Å². The van der Waals surface area contributed by atoms with Gasteiger partial charge in [-0.1, -0.05) is 23.8 Å². The average Bonchev–Trinajstić information content (AvgIpc) is 2.37. The highest BCUT2D eigenvalue weighted by molar-refractivity contribution is 5.90. The predicted molar refractivity (Wildman–Crippen MR) is 70.9 cm³/mol. The fraction of sp³-hybridized carbons (Fsp3) is 0.357. The summed E-state index contributed by atoms with van der Waals surface area (Å²) in [6.07, 6.45) is 2.05. The molecule has 98 valence electrons. The summed E-state index contributed by atoms with van der Waals surface area (Å²) in [5, 5.41) is 11.9. The average molecular weight is 249 g/mol. The van der Waals surface area contributed by atoms with E-state index in [9.17, 15) is 4.79 Å². The smallest absolute Gasteiger partial charge is 0.332 e. The first-order valence-corrected chi connectivity index (χ1v) is 5.88. The maximum atomic E-state index is 11.3. The fourth-order valence-electron chi connectivity index (χ4n) is 1.53. The lowest BCUT2D eigenvalue weighted by Crippen LogP contribution is -2.16. The molecule has 0 atom stereocenters. The zero-order valence-electron chi connectivity index (χ0n) is 10.8. The van der Waals surface area contributed by atoms with E-state index in [0.29, 0.717) is 18.7 Å². The van der Waals surface area contributed by atoms with Crippen LogP contribution in [0.15, 0.2) is 30.3 Å². The van der Waals surface area contributed by atoms with Crippen LogP contribution in [0.4, 0.5) is 0 Å². The van der Waals surface area contributed by atoms with Gasteiger partial charge in [-0.2, -0.15) is 0 Å². The maximum Gasteiger partial charge on any atom is 0.332 e. The number of carbonyl (C=O) groups is 1. The van der Waals surface area contributed by atoms with Gasteiger partial charge in [0.25, 0.3) is 0 Å². The molecule has 4 heteroatoms. The van der Waals surface area contributed by atoms with Crippen molar-refractivity contribution in [3.05, 3.63) is 41.5 Å². The lowest BCUT2D eigenvalue weighted by atomic mass is 10.1. The third-order valence-electron chi connectivity index (χ3n) is 2.44. The Hall–Kier alpha value is -1.81. The van der Waals surface area contributed by atoms with E-state index in [1.807, 2.05) is 31.2 Å². The van der Waals surface area contributed by atoms with E-state index in [1.165, 1.54) is 13.2 Å². The van der Waals surface area contributed by atoms with Gasteiger partial charge in [-0.15, -0.1) is 0 Å². The summed E-state index contributed by atoms with van der Waals surface area (Å²) in [7, 11) is 1.35. The van der Waals surface area contributed by atoms with Crippen LogP contribution in [0.3, 0.4) is 0 Å². The first kappa shape index (κ1) is 14.3. The molecule has 0 unspecified atom stereocenters. The van der Waals surface area contributed by atoms with Crippen LogP contribution in [-0.2, 0) is 9.53 Å². The molecule has 0 radical (unpaired) electrons. The van der Waals surface area contributed by atoms with E-state index in [-0.39, 0.29) is 6.61 Å². The van der Waals surface area contributed by atoms with Gasteiger partial charge in [0.15, 0.2) is 0 Å². The van der Waals surface area contributed by atoms with Gasteiger partial charge in [0, 0.05) is 24.9 Å². The number of rotatable bonds is 6. The van der Waals surface area contributed by atoms with Gasteiger partial charge in [0.1, 0.15) is 0 Å². The quantitative estimate of drug-likeness (QED) is 0.455. The van der Waals surface area contributed by atoms with Gasteiger partial charge in [-0.3, -0.25) is 0 Å².